The van der Waals surface area contributed by atoms with Crippen LogP contribution in [0.25, 0.3) is 11.1 Å². The summed E-state index contributed by atoms with van der Waals surface area (Å²) in [4.78, 5) is 0. The Morgan fingerprint density at radius 2 is 2.00 bits per heavy atom. The molecule has 0 aliphatic carbocycles. The Kier molecular flexibility index (Phi) is 2.12. The Bertz CT molecular complexity index is 455. The Morgan fingerprint density at radius 1 is 1.21 bits per heavy atom. The predicted octanol–water partition coefficient (Wildman–Crippen LogP) is 2.70. The van der Waals surface area contributed by atoms with E-state index in [0.29, 0.717) is 0 Å². The average molecular weight is 186 g/mol. The molecule has 1 aromatic heterocycles. The van der Waals surface area contributed by atoms with Crippen molar-refractivity contribution in [1.29, 1.82) is 0 Å². The van der Waals surface area contributed by atoms with E-state index in [9.17, 15) is 0 Å². The first-order valence-corrected chi connectivity index (χ1v) is 4.73. The average Bonchev–Trinajstić information content (AvgIpc) is 2.51. The number of hydrogen-bond acceptors (Lipinski definition) is 1. The molecule has 1 aromatic carbocycles. The number of aromatic nitrogens is 2. The van der Waals surface area contributed by atoms with E-state index in [1.165, 1.54) is 22.3 Å². The first-order valence-electron chi connectivity index (χ1n) is 4.73. The van der Waals surface area contributed by atoms with Crippen molar-refractivity contribution in [2.45, 2.75) is 13.8 Å². The van der Waals surface area contributed by atoms with Gasteiger partial charge in [-0.05, 0) is 25.0 Å². The Hall–Kier alpha value is -1.57. The van der Waals surface area contributed by atoms with E-state index in [-0.39, 0.29) is 0 Å². The van der Waals surface area contributed by atoms with Crippen molar-refractivity contribution in [3.8, 4) is 11.1 Å². The predicted molar refractivity (Wildman–Crippen MR) is 58.1 cm³/mol. The summed E-state index contributed by atoms with van der Waals surface area (Å²) in [5.74, 6) is 0. The lowest BCUT2D eigenvalue weighted by atomic mass is 10.0. The molecule has 1 heterocycles. The zero-order valence-electron chi connectivity index (χ0n) is 8.78. The van der Waals surface area contributed by atoms with E-state index < -0.39 is 0 Å². The van der Waals surface area contributed by atoms with E-state index in [1.54, 1.807) is 0 Å². The van der Waals surface area contributed by atoms with Crippen LogP contribution in [0.4, 0.5) is 0 Å². The topological polar surface area (TPSA) is 17.8 Å². The number of rotatable bonds is 1. The summed E-state index contributed by atoms with van der Waals surface area (Å²) >= 11 is 0. The Morgan fingerprint density at radius 3 is 2.57 bits per heavy atom. The molecule has 0 radical (unpaired) electrons. The molecule has 2 aromatic rings. The van der Waals surface area contributed by atoms with Crippen molar-refractivity contribution in [3.63, 3.8) is 0 Å². The molecule has 0 bridgehead atoms. The second kappa shape index (κ2) is 3.29. The van der Waals surface area contributed by atoms with Crippen LogP contribution in [0.15, 0.2) is 30.6 Å². The van der Waals surface area contributed by atoms with Crippen molar-refractivity contribution in [2.24, 2.45) is 7.05 Å². The van der Waals surface area contributed by atoms with Gasteiger partial charge < -0.3 is 0 Å². The molecule has 0 saturated heterocycles. The summed E-state index contributed by atoms with van der Waals surface area (Å²) in [5, 5.41) is 4.17. The maximum atomic E-state index is 4.17. The SMILES string of the molecule is Cc1ccc(-c2cnn(C)c2)c(C)c1. The monoisotopic (exact) mass is 186 g/mol. The fraction of sp³-hybridized carbons (Fsp3) is 0.250. The minimum atomic E-state index is 1.19. The van der Waals surface area contributed by atoms with Crippen LogP contribution in [0.2, 0.25) is 0 Å². The quantitative estimate of drug-likeness (QED) is 0.669. The van der Waals surface area contributed by atoms with Gasteiger partial charge in [0.15, 0.2) is 0 Å². The molecule has 0 aliphatic heterocycles. The van der Waals surface area contributed by atoms with Crippen LogP contribution in [0, 0.1) is 13.8 Å². The van der Waals surface area contributed by atoms with Gasteiger partial charge in [0.2, 0.25) is 0 Å². The molecule has 0 atom stereocenters. The number of benzene rings is 1. The zero-order chi connectivity index (χ0) is 10.1. The summed E-state index contributed by atoms with van der Waals surface area (Å²) in [6.45, 7) is 4.25. The maximum Gasteiger partial charge on any atom is 0.0568 e. The molecule has 72 valence electrons. The second-order valence-electron chi connectivity index (χ2n) is 3.72. The molecule has 2 heteroatoms. The summed E-state index contributed by atoms with van der Waals surface area (Å²) in [7, 11) is 1.94. The highest BCUT2D eigenvalue weighted by Crippen LogP contribution is 2.23. The number of nitrogens with zero attached hydrogens (tertiary/aromatic N) is 2. The molecular weight excluding hydrogens is 172 g/mol. The molecule has 2 nitrogen and oxygen atoms in total. The van der Waals surface area contributed by atoms with Crippen LogP contribution in [0.3, 0.4) is 0 Å². The third kappa shape index (κ3) is 1.55. The van der Waals surface area contributed by atoms with Gasteiger partial charge in [-0.3, -0.25) is 4.68 Å². The van der Waals surface area contributed by atoms with Crippen LogP contribution in [-0.4, -0.2) is 9.78 Å². The van der Waals surface area contributed by atoms with Crippen molar-refractivity contribution in [1.82, 2.24) is 9.78 Å². The van der Waals surface area contributed by atoms with E-state index in [4.69, 9.17) is 0 Å². The van der Waals surface area contributed by atoms with Crippen molar-refractivity contribution < 1.29 is 0 Å². The Balaban J connectivity index is 2.52. The number of hydrogen-bond donors (Lipinski definition) is 0. The van der Waals surface area contributed by atoms with Crippen molar-refractivity contribution in [2.75, 3.05) is 0 Å². The number of aryl methyl sites for hydroxylation is 3. The third-order valence-electron chi connectivity index (χ3n) is 2.40. The van der Waals surface area contributed by atoms with Gasteiger partial charge in [-0.1, -0.05) is 23.8 Å². The van der Waals surface area contributed by atoms with Crippen LogP contribution in [0.1, 0.15) is 11.1 Å². The van der Waals surface area contributed by atoms with Gasteiger partial charge in [0.25, 0.3) is 0 Å². The smallest absolute Gasteiger partial charge is 0.0568 e. The molecule has 0 fully saturated rings. The van der Waals surface area contributed by atoms with E-state index >= 15 is 0 Å². The summed E-state index contributed by atoms with van der Waals surface area (Å²) in [6, 6.07) is 6.49. The zero-order valence-corrected chi connectivity index (χ0v) is 8.78. The molecule has 14 heavy (non-hydrogen) atoms. The first-order chi connectivity index (χ1) is 6.66. The molecule has 0 amide bonds. The van der Waals surface area contributed by atoms with E-state index in [2.05, 4.69) is 37.1 Å². The van der Waals surface area contributed by atoms with Gasteiger partial charge in [-0.25, -0.2) is 0 Å². The summed E-state index contributed by atoms with van der Waals surface area (Å²) in [6.07, 6.45) is 3.94. The third-order valence-corrected chi connectivity index (χ3v) is 2.40. The van der Waals surface area contributed by atoms with Gasteiger partial charge in [0, 0.05) is 18.8 Å². The second-order valence-corrected chi connectivity index (χ2v) is 3.72. The first kappa shape index (κ1) is 9.00. The molecule has 0 aliphatic rings. The molecule has 0 unspecified atom stereocenters. The van der Waals surface area contributed by atoms with Gasteiger partial charge in [0.1, 0.15) is 0 Å². The van der Waals surface area contributed by atoms with Crippen molar-refractivity contribution in [3.05, 3.63) is 41.7 Å². The minimum absolute atomic E-state index is 1.19. The van der Waals surface area contributed by atoms with Gasteiger partial charge in [-0.15, -0.1) is 0 Å². The van der Waals surface area contributed by atoms with Gasteiger partial charge in [-0.2, -0.15) is 5.10 Å². The van der Waals surface area contributed by atoms with E-state index in [1.807, 2.05) is 24.1 Å². The van der Waals surface area contributed by atoms with Gasteiger partial charge in [0.05, 0.1) is 6.20 Å². The van der Waals surface area contributed by atoms with Crippen LogP contribution >= 0.6 is 0 Å². The highest BCUT2D eigenvalue weighted by Gasteiger charge is 2.03. The minimum Gasteiger partial charge on any atom is -0.275 e. The van der Waals surface area contributed by atoms with Crippen LogP contribution in [0.5, 0.6) is 0 Å². The standard InChI is InChI=1S/C12H14N2/c1-9-4-5-12(10(2)6-9)11-7-13-14(3)8-11/h4-8H,1-3H3. The summed E-state index contributed by atoms with van der Waals surface area (Å²) in [5.41, 5.74) is 5.06. The highest BCUT2D eigenvalue weighted by atomic mass is 15.2. The normalized spacial score (nSPS) is 10.5. The van der Waals surface area contributed by atoms with Crippen LogP contribution < -0.4 is 0 Å². The lowest BCUT2D eigenvalue weighted by Crippen LogP contribution is -1.85. The molecular formula is C12H14N2. The fourth-order valence-electron chi connectivity index (χ4n) is 1.70. The van der Waals surface area contributed by atoms with Gasteiger partial charge >= 0.3 is 0 Å². The Labute approximate surface area is 84.2 Å². The molecule has 0 saturated carbocycles. The molecule has 0 N–H and O–H groups in total. The lowest BCUT2D eigenvalue weighted by molar-refractivity contribution is 0.768. The highest BCUT2D eigenvalue weighted by molar-refractivity contribution is 5.66. The maximum absolute atomic E-state index is 4.17. The van der Waals surface area contributed by atoms with Crippen LogP contribution in [-0.2, 0) is 7.05 Å². The molecule has 2 rings (SSSR count). The fourth-order valence-corrected chi connectivity index (χ4v) is 1.70. The summed E-state index contributed by atoms with van der Waals surface area (Å²) < 4.78 is 1.83. The molecule has 0 spiro atoms. The lowest BCUT2D eigenvalue weighted by Gasteiger charge is -2.03. The van der Waals surface area contributed by atoms with E-state index in [0.717, 1.165) is 0 Å². The largest absolute Gasteiger partial charge is 0.275 e. The van der Waals surface area contributed by atoms with Crippen molar-refractivity contribution >= 4 is 0 Å².